The summed E-state index contributed by atoms with van der Waals surface area (Å²) in [6.45, 7) is 4.41. The van der Waals surface area contributed by atoms with Crippen LogP contribution in [0.5, 0.6) is 0 Å². The minimum atomic E-state index is -0.130. The van der Waals surface area contributed by atoms with Gasteiger partial charge in [-0.15, -0.1) is 0 Å². The molecule has 0 aliphatic carbocycles. The van der Waals surface area contributed by atoms with E-state index in [2.05, 4.69) is 86.7 Å². The van der Waals surface area contributed by atoms with Gasteiger partial charge < -0.3 is 0 Å². The minimum absolute atomic E-state index is 0.130. The molecule has 0 saturated heterocycles. The van der Waals surface area contributed by atoms with E-state index in [1.54, 1.807) is 0 Å². The molecule has 0 aliphatic rings. The minimum Gasteiger partial charge on any atom is -0.192 e. The zero-order chi connectivity index (χ0) is 19.1. The standard InChI is InChI=1S/C26H23N/c1-26(2,18-17-21-13-15-22(20-27)16-14-21)19-25(23-9-5-3-6-10-23)24-11-7-4-8-12-24/h3-19H,1-2H3/b18-17+. The van der Waals surface area contributed by atoms with Gasteiger partial charge >= 0.3 is 0 Å². The summed E-state index contributed by atoms with van der Waals surface area (Å²) in [5.74, 6) is 0. The maximum Gasteiger partial charge on any atom is 0.0991 e. The van der Waals surface area contributed by atoms with E-state index >= 15 is 0 Å². The van der Waals surface area contributed by atoms with E-state index in [4.69, 9.17) is 5.26 Å². The highest BCUT2D eigenvalue weighted by atomic mass is 14.2. The van der Waals surface area contributed by atoms with Crippen molar-refractivity contribution in [1.29, 1.82) is 5.26 Å². The Morgan fingerprint density at radius 3 is 1.78 bits per heavy atom. The van der Waals surface area contributed by atoms with Crippen molar-refractivity contribution < 1.29 is 0 Å². The number of hydrogen-bond donors (Lipinski definition) is 0. The topological polar surface area (TPSA) is 23.8 Å². The van der Waals surface area contributed by atoms with Crippen molar-refractivity contribution >= 4 is 11.6 Å². The van der Waals surface area contributed by atoms with E-state index in [9.17, 15) is 0 Å². The van der Waals surface area contributed by atoms with E-state index < -0.39 is 0 Å². The smallest absolute Gasteiger partial charge is 0.0991 e. The van der Waals surface area contributed by atoms with Crippen LogP contribution in [-0.2, 0) is 0 Å². The van der Waals surface area contributed by atoms with Gasteiger partial charge in [0.1, 0.15) is 0 Å². The van der Waals surface area contributed by atoms with Crippen LogP contribution in [0.15, 0.2) is 97.1 Å². The van der Waals surface area contributed by atoms with Gasteiger partial charge in [-0.25, -0.2) is 0 Å². The molecule has 0 aromatic heterocycles. The molecule has 3 aromatic carbocycles. The van der Waals surface area contributed by atoms with Crippen LogP contribution in [0.4, 0.5) is 0 Å². The largest absolute Gasteiger partial charge is 0.192 e. The zero-order valence-electron chi connectivity index (χ0n) is 15.8. The van der Waals surface area contributed by atoms with Gasteiger partial charge in [-0.1, -0.05) is 105 Å². The first-order chi connectivity index (χ1) is 13.1. The fraction of sp³-hybridized carbons (Fsp3) is 0.115. The van der Waals surface area contributed by atoms with Crippen molar-refractivity contribution in [2.75, 3.05) is 0 Å². The summed E-state index contributed by atoms with van der Waals surface area (Å²) in [5.41, 5.74) is 5.30. The molecular formula is C26H23N. The second-order valence-electron chi connectivity index (χ2n) is 7.18. The third kappa shape index (κ3) is 5.06. The van der Waals surface area contributed by atoms with Gasteiger partial charge in [-0.2, -0.15) is 5.26 Å². The number of rotatable bonds is 5. The number of allylic oxidation sites excluding steroid dienone is 2. The van der Waals surface area contributed by atoms with Gasteiger partial charge in [0, 0.05) is 5.41 Å². The molecular weight excluding hydrogens is 326 g/mol. The SMILES string of the molecule is CC(C)(C=C(c1ccccc1)c1ccccc1)/C=C/c1ccc(C#N)cc1. The molecule has 0 amide bonds. The lowest BCUT2D eigenvalue weighted by Crippen LogP contribution is -2.04. The van der Waals surface area contributed by atoms with Gasteiger partial charge in [0.25, 0.3) is 0 Å². The molecule has 3 rings (SSSR count). The van der Waals surface area contributed by atoms with Crippen LogP contribution in [0.1, 0.15) is 36.1 Å². The highest BCUT2D eigenvalue weighted by Crippen LogP contribution is 2.31. The Hall–Kier alpha value is -3.37. The maximum atomic E-state index is 8.93. The van der Waals surface area contributed by atoms with Gasteiger partial charge in [-0.3, -0.25) is 0 Å². The van der Waals surface area contributed by atoms with Crippen LogP contribution < -0.4 is 0 Å². The second-order valence-corrected chi connectivity index (χ2v) is 7.18. The predicted molar refractivity (Wildman–Crippen MR) is 114 cm³/mol. The fourth-order valence-electron chi connectivity index (χ4n) is 2.97. The van der Waals surface area contributed by atoms with E-state index in [1.165, 1.54) is 16.7 Å². The Kier molecular flexibility index (Phi) is 5.69. The molecule has 0 aliphatic heterocycles. The van der Waals surface area contributed by atoms with Crippen LogP contribution in [0.2, 0.25) is 0 Å². The van der Waals surface area contributed by atoms with Crippen molar-refractivity contribution in [3.63, 3.8) is 0 Å². The summed E-state index contributed by atoms with van der Waals surface area (Å²) in [7, 11) is 0. The normalized spacial score (nSPS) is 11.1. The van der Waals surface area contributed by atoms with E-state index in [-0.39, 0.29) is 5.41 Å². The second kappa shape index (κ2) is 8.34. The van der Waals surface area contributed by atoms with Gasteiger partial charge in [-0.05, 0) is 34.4 Å². The molecule has 1 heteroatoms. The predicted octanol–water partition coefficient (Wildman–Crippen LogP) is 6.73. The number of nitriles is 1. The lowest BCUT2D eigenvalue weighted by atomic mass is 9.85. The molecule has 3 aromatic rings. The molecule has 1 nitrogen and oxygen atoms in total. The fourth-order valence-corrected chi connectivity index (χ4v) is 2.97. The molecule has 0 spiro atoms. The maximum absolute atomic E-state index is 8.93. The van der Waals surface area contributed by atoms with E-state index in [0.717, 1.165) is 5.56 Å². The molecule has 0 N–H and O–H groups in total. The van der Waals surface area contributed by atoms with E-state index in [0.29, 0.717) is 5.56 Å². The first-order valence-electron chi connectivity index (χ1n) is 9.10. The van der Waals surface area contributed by atoms with Crippen molar-refractivity contribution in [2.45, 2.75) is 13.8 Å². The van der Waals surface area contributed by atoms with Crippen LogP contribution in [0.3, 0.4) is 0 Å². The quantitative estimate of drug-likeness (QED) is 0.501. The van der Waals surface area contributed by atoms with Gasteiger partial charge in [0.15, 0.2) is 0 Å². The number of benzene rings is 3. The molecule has 0 bridgehead atoms. The number of hydrogen-bond acceptors (Lipinski definition) is 1. The lowest BCUT2D eigenvalue weighted by molar-refractivity contribution is 0.631. The molecule has 132 valence electrons. The lowest BCUT2D eigenvalue weighted by Gasteiger charge is -2.19. The summed E-state index contributed by atoms with van der Waals surface area (Å²) in [4.78, 5) is 0. The number of nitrogens with zero attached hydrogens (tertiary/aromatic N) is 1. The molecule has 0 unspecified atom stereocenters. The average molecular weight is 349 g/mol. The molecule has 0 heterocycles. The Labute approximate surface area is 161 Å². The highest BCUT2D eigenvalue weighted by Gasteiger charge is 2.14. The summed E-state index contributed by atoms with van der Waals surface area (Å²) in [6.07, 6.45) is 6.64. The Morgan fingerprint density at radius 1 is 0.778 bits per heavy atom. The van der Waals surface area contributed by atoms with Crippen molar-refractivity contribution in [2.24, 2.45) is 5.41 Å². The van der Waals surface area contributed by atoms with E-state index in [1.807, 2.05) is 36.4 Å². The third-order valence-electron chi connectivity index (χ3n) is 4.43. The summed E-state index contributed by atoms with van der Waals surface area (Å²) in [5, 5.41) is 8.93. The molecule has 0 radical (unpaired) electrons. The first-order valence-corrected chi connectivity index (χ1v) is 9.10. The van der Waals surface area contributed by atoms with Crippen LogP contribution in [0.25, 0.3) is 11.6 Å². The third-order valence-corrected chi connectivity index (χ3v) is 4.43. The molecule has 0 saturated carbocycles. The van der Waals surface area contributed by atoms with Crippen LogP contribution >= 0.6 is 0 Å². The molecule has 27 heavy (non-hydrogen) atoms. The molecule has 0 fully saturated rings. The van der Waals surface area contributed by atoms with Crippen molar-refractivity contribution in [3.05, 3.63) is 119 Å². The van der Waals surface area contributed by atoms with Gasteiger partial charge in [0.05, 0.1) is 11.6 Å². The highest BCUT2D eigenvalue weighted by molar-refractivity contribution is 5.80. The summed E-state index contributed by atoms with van der Waals surface area (Å²) < 4.78 is 0. The van der Waals surface area contributed by atoms with Crippen LogP contribution in [-0.4, -0.2) is 0 Å². The van der Waals surface area contributed by atoms with Crippen molar-refractivity contribution in [1.82, 2.24) is 0 Å². The van der Waals surface area contributed by atoms with Crippen molar-refractivity contribution in [3.8, 4) is 6.07 Å². The Balaban J connectivity index is 1.95. The summed E-state index contributed by atoms with van der Waals surface area (Å²) >= 11 is 0. The zero-order valence-corrected chi connectivity index (χ0v) is 15.8. The first kappa shape index (κ1) is 18.4. The monoisotopic (exact) mass is 349 g/mol. The average Bonchev–Trinajstić information content (AvgIpc) is 2.72. The van der Waals surface area contributed by atoms with Crippen LogP contribution in [0, 0.1) is 16.7 Å². The summed E-state index contributed by atoms with van der Waals surface area (Å²) in [6, 6.07) is 30.8. The van der Waals surface area contributed by atoms with Gasteiger partial charge in [0.2, 0.25) is 0 Å². The molecule has 0 atom stereocenters. The Morgan fingerprint density at radius 2 is 1.30 bits per heavy atom. The Bertz CT molecular complexity index is 928.